The van der Waals surface area contributed by atoms with Crippen LogP contribution >= 0.6 is 0 Å². The van der Waals surface area contributed by atoms with Crippen LogP contribution in [0, 0.1) is 5.92 Å². The number of carbonyl (C=O) groups is 3. The number of hydrogen-bond acceptors (Lipinski definition) is 4. The zero-order valence-corrected chi connectivity index (χ0v) is 10.6. The van der Waals surface area contributed by atoms with Gasteiger partial charge in [0.25, 0.3) is 0 Å². The first-order chi connectivity index (χ1) is 8.99. The first-order valence-corrected chi connectivity index (χ1v) is 6.12. The number of rotatable bonds is 7. The van der Waals surface area contributed by atoms with Gasteiger partial charge in [0.15, 0.2) is 0 Å². The van der Waals surface area contributed by atoms with Gasteiger partial charge in [-0.3, -0.25) is 4.79 Å². The smallest absolute Gasteiger partial charge is 0.326 e. The number of primary amides is 1. The van der Waals surface area contributed by atoms with Gasteiger partial charge in [0.1, 0.15) is 6.04 Å². The molecule has 0 radical (unpaired) electrons. The molecule has 1 heterocycles. The minimum absolute atomic E-state index is 0.431. The lowest BCUT2D eigenvalue weighted by Crippen LogP contribution is -2.48. The van der Waals surface area contributed by atoms with Crippen molar-refractivity contribution in [3.63, 3.8) is 0 Å². The van der Waals surface area contributed by atoms with Crippen molar-refractivity contribution >= 4 is 17.9 Å². The molecule has 1 unspecified atom stereocenters. The number of amides is 3. The van der Waals surface area contributed by atoms with Crippen molar-refractivity contribution in [2.24, 2.45) is 11.7 Å². The highest BCUT2D eigenvalue weighted by Crippen LogP contribution is 2.14. The summed E-state index contributed by atoms with van der Waals surface area (Å²) in [6, 6.07) is -1.92. The second kappa shape index (κ2) is 7.57. The van der Waals surface area contributed by atoms with Crippen LogP contribution in [0.5, 0.6) is 0 Å². The van der Waals surface area contributed by atoms with E-state index in [0.717, 1.165) is 19.4 Å². The fraction of sp³-hybridized carbons (Fsp3) is 0.727. The number of urea groups is 1. The number of aliphatic carboxylic acids is 1. The summed E-state index contributed by atoms with van der Waals surface area (Å²) in [6.07, 6.45) is 1.32. The summed E-state index contributed by atoms with van der Waals surface area (Å²) in [4.78, 5) is 32.9. The first kappa shape index (κ1) is 15.2. The maximum atomic E-state index is 11.4. The van der Waals surface area contributed by atoms with Gasteiger partial charge < -0.3 is 26.2 Å². The minimum atomic E-state index is -1.30. The summed E-state index contributed by atoms with van der Waals surface area (Å²) in [5.41, 5.74) is 4.90. The van der Waals surface area contributed by atoms with E-state index in [2.05, 4.69) is 10.6 Å². The molecule has 0 aromatic carbocycles. The van der Waals surface area contributed by atoms with E-state index < -0.39 is 30.4 Å². The zero-order chi connectivity index (χ0) is 14.3. The van der Waals surface area contributed by atoms with E-state index in [1.165, 1.54) is 0 Å². The summed E-state index contributed by atoms with van der Waals surface area (Å²) in [7, 11) is 0. The third-order valence-corrected chi connectivity index (χ3v) is 2.87. The number of carboxylic acid groups (broad SMARTS) is 1. The molecule has 1 fully saturated rings. The molecule has 3 amide bonds. The van der Waals surface area contributed by atoms with Crippen molar-refractivity contribution in [2.75, 3.05) is 19.8 Å². The highest BCUT2D eigenvalue weighted by Gasteiger charge is 2.22. The number of hydrogen-bond donors (Lipinski definition) is 4. The number of ether oxygens (including phenoxy) is 1. The van der Waals surface area contributed by atoms with E-state index >= 15 is 0 Å². The van der Waals surface area contributed by atoms with Crippen LogP contribution in [0.3, 0.4) is 0 Å². The second-order valence-electron chi connectivity index (χ2n) is 4.48. The molecule has 0 aromatic rings. The highest BCUT2D eigenvalue weighted by molar-refractivity contribution is 5.87. The van der Waals surface area contributed by atoms with Gasteiger partial charge in [0.2, 0.25) is 5.91 Å². The lowest BCUT2D eigenvalue weighted by atomic mass is 10.1. The van der Waals surface area contributed by atoms with Crippen LogP contribution in [-0.4, -0.2) is 48.8 Å². The number of nitrogens with one attached hydrogen (secondary N) is 2. The molecule has 1 saturated heterocycles. The molecule has 0 spiro atoms. The molecule has 8 heteroatoms. The van der Waals surface area contributed by atoms with Crippen LogP contribution < -0.4 is 16.4 Å². The molecule has 1 aliphatic rings. The third-order valence-electron chi connectivity index (χ3n) is 2.87. The summed E-state index contributed by atoms with van der Waals surface area (Å²) in [6.45, 7) is 1.88. The van der Waals surface area contributed by atoms with Crippen LogP contribution in [-0.2, 0) is 14.3 Å². The molecular weight excluding hydrogens is 254 g/mol. The van der Waals surface area contributed by atoms with Crippen LogP contribution in [0.2, 0.25) is 0 Å². The lowest BCUT2D eigenvalue weighted by Gasteiger charge is -2.14. The van der Waals surface area contributed by atoms with Gasteiger partial charge >= 0.3 is 12.0 Å². The molecule has 8 nitrogen and oxygen atoms in total. The van der Waals surface area contributed by atoms with E-state index in [9.17, 15) is 14.4 Å². The number of carbonyl (C=O) groups excluding carboxylic acids is 2. The predicted molar refractivity (Wildman–Crippen MR) is 65.3 cm³/mol. The maximum absolute atomic E-state index is 11.4. The lowest BCUT2D eigenvalue weighted by molar-refractivity contribution is -0.140. The van der Waals surface area contributed by atoms with Gasteiger partial charge in [0, 0.05) is 19.8 Å². The van der Waals surface area contributed by atoms with Crippen LogP contribution in [0.25, 0.3) is 0 Å². The van der Waals surface area contributed by atoms with Gasteiger partial charge in [-0.1, -0.05) is 0 Å². The fourth-order valence-electron chi connectivity index (χ4n) is 1.81. The molecule has 0 aromatic heterocycles. The summed E-state index contributed by atoms with van der Waals surface area (Å²) in [5.74, 6) is -1.64. The molecule has 1 aliphatic heterocycles. The van der Waals surface area contributed by atoms with Crippen LogP contribution in [0.4, 0.5) is 4.79 Å². The average Bonchev–Trinajstić information content (AvgIpc) is 2.80. The monoisotopic (exact) mass is 273 g/mol. The normalized spacial score (nSPS) is 19.7. The summed E-state index contributed by atoms with van der Waals surface area (Å²) >= 11 is 0. The molecule has 108 valence electrons. The van der Waals surface area contributed by atoms with Crippen molar-refractivity contribution in [1.29, 1.82) is 0 Å². The molecule has 0 saturated carbocycles. The SMILES string of the molecule is NC(=O)C[C@H](NC(=O)NCCC1CCOC1)C(=O)O. The third kappa shape index (κ3) is 6.05. The van der Waals surface area contributed by atoms with Crippen LogP contribution in [0.15, 0.2) is 0 Å². The first-order valence-electron chi connectivity index (χ1n) is 6.12. The van der Waals surface area contributed by atoms with Gasteiger partial charge in [0.05, 0.1) is 6.42 Å². The highest BCUT2D eigenvalue weighted by atomic mass is 16.5. The van der Waals surface area contributed by atoms with Gasteiger partial charge in [-0.05, 0) is 18.8 Å². The maximum Gasteiger partial charge on any atom is 0.326 e. The van der Waals surface area contributed by atoms with Crippen molar-refractivity contribution in [1.82, 2.24) is 10.6 Å². The Labute approximate surface area is 110 Å². The Kier molecular flexibility index (Phi) is 6.07. The Hall–Kier alpha value is -1.83. The van der Waals surface area contributed by atoms with Crippen molar-refractivity contribution in [3.8, 4) is 0 Å². The van der Waals surface area contributed by atoms with Gasteiger partial charge in [-0.2, -0.15) is 0 Å². The molecule has 19 heavy (non-hydrogen) atoms. The minimum Gasteiger partial charge on any atom is -0.480 e. The Morgan fingerprint density at radius 3 is 2.68 bits per heavy atom. The molecule has 5 N–H and O–H groups in total. The summed E-state index contributed by atoms with van der Waals surface area (Å²) in [5, 5.41) is 13.5. The average molecular weight is 273 g/mol. The van der Waals surface area contributed by atoms with E-state index in [1.54, 1.807) is 0 Å². The molecular formula is C11H19N3O5. The Morgan fingerprint density at radius 2 is 2.16 bits per heavy atom. The van der Waals surface area contributed by atoms with E-state index in [0.29, 0.717) is 19.1 Å². The molecule has 2 atom stereocenters. The van der Waals surface area contributed by atoms with Gasteiger partial charge in [-0.25, -0.2) is 9.59 Å². The van der Waals surface area contributed by atoms with Crippen molar-refractivity contribution in [2.45, 2.75) is 25.3 Å². The Balaban J connectivity index is 2.23. The number of nitrogens with two attached hydrogens (primary N) is 1. The quantitative estimate of drug-likeness (QED) is 0.474. The van der Waals surface area contributed by atoms with Gasteiger partial charge in [-0.15, -0.1) is 0 Å². The van der Waals surface area contributed by atoms with E-state index in [4.69, 9.17) is 15.6 Å². The largest absolute Gasteiger partial charge is 0.480 e. The van der Waals surface area contributed by atoms with E-state index in [1.807, 2.05) is 0 Å². The molecule has 1 rings (SSSR count). The van der Waals surface area contributed by atoms with Crippen LogP contribution in [0.1, 0.15) is 19.3 Å². The zero-order valence-electron chi connectivity index (χ0n) is 10.6. The fourth-order valence-corrected chi connectivity index (χ4v) is 1.81. The molecule has 0 bridgehead atoms. The van der Waals surface area contributed by atoms with E-state index in [-0.39, 0.29) is 0 Å². The second-order valence-corrected chi connectivity index (χ2v) is 4.48. The number of carboxylic acids is 1. The standard InChI is InChI=1S/C11H19N3O5/c12-9(15)5-8(10(16)17)14-11(18)13-3-1-7-2-4-19-6-7/h7-8H,1-6H2,(H2,12,15)(H,16,17)(H2,13,14,18)/t7?,8-/m0/s1. The molecule has 0 aliphatic carbocycles. The topological polar surface area (TPSA) is 131 Å². The van der Waals surface area contributed by atoms with Crippen molar-refractivity contribution in [3.05, 3.63) is 0 Å². The summed E-state index contributed by atoms with van der Waals surface area (Å²) < 4.78 is 5.20. The predicted octanol–water partition coefficient (Wildman–Crippen LogP) is -0.959. The Morgan fingerprint density at radius 1 is 1.42 bits per heavy atom. The van der Waals surface area contributed by atoms with Crippen molar-refractivity contribution < 1.29 is 24.2 Å². The Bertz CT molecular complexity index is 341.